The first-order valence-corrected chi connectivity index (χ1v) is 13.2. The minimum Gasteiger partial charge on any atom is -0.460 e. The smallest absolute Gasteiger partial charge is 0.329 e. The van der Waals surface area contributed by atoms with Gasteiger partial charge in [0.15, 0.2) is 11.6 Å². The Bertz CT molecular complexity index is 1070. The third kappa shape index (κ3) is 8.13. The van der Waals surface area contributed by atoms with Gasteiger partial charge in [-0.1, -0.05) is 50.6 Å². The van der Waals surface area contributed by atoms with Crippen LogP contribution in [0.2, 0.25) is 0 Å². The molecular weight excluding hydrogens is 490 g/mol. The van der Waals surface area contributed by atoms with E-state index >= 15 is 0 Å². The van der Waals surface area contributed by atoms with Gasteiger partial charge < -0.3 is 29.6 Å². The number of aromatic nitrogens is 1. The molecule has 10 heteroatoms. The van der Waals surface area contributed by atoms with Gasteiger partial charge >= 0.3 is 5.97 Å². The Labute approximate surface area is 223 Å². The van der Waals surface area contributed by atoms with Crippen LogP contribution in [0, 0.1) is 11.8 Å². The maximum atomic E-state index is 13.2. The van der Waals surface area contributed by atoms with Gasteiger partial charge in [-0.15, -0.1) is 0 Å². The molecule has 0 unspecified atom stereocenters. The van der Waals surface area contributed by atoms with Crippen molar-refractivity contribution in [2.24, 2.45) is 11.8 Å². The van der Waals surface area contributed by atoms with Crippen LogP contribution < -0.4 is 5.32 Å². The number of hydrogen-bond acceptors (Lipinski definition) is 8. The topological polar surface area (TPSA) is 142 Å². The second-order valence-corrected chi connectivity index (χ2v) is 10.4. The molecule has 3 heterocycles. The lowest BCUT2D eigenvalue weighted by Gasteiger charge is -2.29. The first-order chi connectivity index (χ1) is 18.0. The molecule has 3 rings (SSSR count). The molecular formula is C28H39N3O7. The number of aliphatic hydroxyl groups is 2. The number of nitrogens with zero attached hydrogens (tertiary/aromatic N) is 2. The number of amides is 2. The Hall–Kier alpha value is -3.24. The number of allylic oxidation sites excluding steroid dienone is 2. The highest BCUT2D eigenvalue weighted by Gasteiger charge is 2.38. The molecule has 2 aliphatic rings. The van der Waals surface area contributed by atoms with E-state index in [1.54, 1.807) is 24.3 Å². The van der Waals surface area contributed by atoms with Crippen molar-refractivity contribution >= 4 is 17.8 Å². The number of esters is 1. The molecule has 2 aliphatic heterocycles. The average molecular weight is 530 g/mol. The summed E-state index contributed by atoms with van der Waals surface area (Å²) in [4.78, 5) is 44.3. The maximum absolute atomic E-state index is 13.2. The predicted molar refractivity (Wildman–Crippen MR) is 140 cm³/mol. The van der Waals surface area contributed by atoms with Gasteiger partial charge in [-0.3, -0.25) is 9.59 Å². The van der Waals surface area contributed by atoms with Crippen molar-refractivity contribution in [2.75, 3.05) is 13.1 Å². The second-order valence-electron chi connectivity index (χ2n) is 10.4. The minimum absolute atomic E-state index is 0.0146. The summed E-state index contributed by atoms with van der Waals surface area (Å²) in [7, 11) is 0. The number of rotatable bonds is 1. The quantitative estimate of drug-likeness (QED) is 0.471. The number of carbonyl (C=O) groups is 3. The van der Waals surface area contributed by atoms with Crippen LogP contribution in [0.3, 0.4) is 0 Å². The van der Waals surface area contributed by atoms with Crippen LogP contribution in [-0.4, -0.2) is 75.3 Å². The molecule has 1 aromatic rings. The highest BCUT2D eigenvalue weighted by atomic mass is 16.5. The lowest BCUT2D eigenvalue weighted by atomic mass is 9.94. The molecule has 0 aliphatic carbocycles. The zero-order valence-corrected chi connectivity index (χ0v) is 22.5. The normalized spacial score (nSPS) is 31.7. The lowest BCUT2D eigenvalue weighted by Crippen LogP contribution is -2.44. The molecule has 3 N–H and O–H groups in total. The standard InChI is InChI=1S/C28H39N3O7/c1-17(2)26-19(4)9-10-24(34)29-11-5-7-18(3)13-20(32)14-21(33)15-25-30-22(16-37-25)27(35)31-12-6-8-23(31)28(36)38-26/h5,7,9-10,13,16-17,19-21,23,26,32-33H,6,8,11-12,14-15H2,1-4H3,(H,29,34)/b7-5+,10-9+,18-13+/t19-,20+,21-,23+,26-/m0/s1. The molecule has 2 amide bonds. The average Bonchev–Trinajstić information content (AvgIpc) is 3.52. The fraction of sp³-hybridized carbons (Fsp3) is 0.571. The van der Waals surface area contributed by atoms with E-state index in [0.717, 1.165) is 5.57 Å². The summed E-state index contributed by atoms with van der Waals surface area (Å²) < 4.78 is 11.3. The van der Waals surface area contributed by atoms with Gasteiger partial charge in [0.2, 0.25) is 5.91 Å². The van der Waals surface area contributed by atoms with Crippen LogP contribution in [0.1, 0.15) is 63.3 Å². The highest BCUT2D eigenvalue weighted by molar-refractivity contribution is 5.95. The largest absolute Gasteiger partial charge is 0.460 e. The molecule has 1 fully saturated rings. The predicted octanol–water partition coefficient (Wildman–Crippen LogP) is 2.33. The third-order valence-electron chi connectivity index (χ3n) is 6.69. The highest BCUT2D eigenvalue weighted by Crippen LogP contribution is 2.25. The van der Waals surface area contributed by atoms with Crippen molar-refractivity contribution in [3.8, 4) is 0 Å². The Morgan fingerprint density at radius 1 is 1.18 bits per heavy atom. The Morgan fingerprint density at radius 2 is 1.95 bits per heavy atom. The molecule has 5 atom stereocenters. The Balaban J connectivity index is 1.85. The molecule has 0 aromatic carbocycles. The number of ether oxygens (including phenoxy) is 1. The van der Waals surface area contributed by atoms with E-state index in [4.69, 9.17) is 9.15 Å². The molecule has 1 aromatic heterocycles. The van der Waals surface area contributed by atoms with E-state index in [9.17, 15) is 24.6 Å². The van der Waals surface area contributed by atoms with Crippen molar-refractivity contribution in [1.29, 1.82) is 0 Å². The van der Waals surface area contributed by atoms with E-state index in [-0.39, 0.29) is 42.2 Å². The van der Waals surface area contributed by atoms with Gasteiger partial charge in [0, 0.05) is 25.4 Å². The van der Waals surface area contributed by atoms with Crippen molar-refractivity contribution < 1.29 is 33.8 Å². The lowest BCUT2D eigenvalue weighted by molar-refractivity contribution is -0.158. The third-order valence-corrected chi connectivity index (χ3v) is 6.69. The van der Waals surface area contributed by atoms with Crippen LogP contribution in [0.25, 0.3) is 0 Å². The monoisotopic (exact) mass is 529 g/mol. The fourth-order valence-corrected chi connectivity index (χ4v) is 4.77. The molecule has 1 saturated heterocycles. The van der Waals surface area contributed by atoms with Gasteiger partial charge in [-0.2, -0.15) is 0 Å². The number of fused-ring (bicyclic) bond motifs is 3. The van der Waals surface area contributed by atoms with E-state index in [0.29, 0.717) is 25.9 Å². The van der Waals surface area contributed by atoms with E-state index in [2.05, 4.69) is 10.3 Å². The van der Waals surface area contributed by atoms with Crippen LogP contribution >= 0.6 is 0 Å². The summed E-state index contributed by atoms with van der Waals surface area (Å²) in [5, 5.41) is 23.5. The van der Waals surface area contributed by atoms with Crippen molar-refractivity contribution in [3.63, 3.8) is 0 Å². The summed E-state index contributed by atoms with van der Waals surface area (Å²) in [5.41, 5.74) is 0.821. The van der Waals surface area contributed by atoms with Crippen molar-refractivity contribution in [2.45, 2.75) is 77.7 Å². The number of oxazole rings is 1. The van der Waals surface area contributed by atoms with Crippen LogP contribution in [0.4, 0.5) is 0 Å². The Kier molecular flexibility index (Phi) is 10.4. The molecule has 2 bridgehead atoms. The zero-order chi connectivity index (χ0) is 27.8. The number of aliphatic hydroxyl groups excluding tert-OH is 2. The number of carbonyl (C=O) groups excluding carboxylic acids is 3. The molecule has 10 nitrogen and oxygen atoms in total. The van der Waals surface area contributed by atoms with Crippen molar-refractivity contribution in [1.82, 2.24) is 15.2 Å². The molecule has 0 spiro atoms. The maximum Gasteiger partial charge on any atom is 0.329 e. The molecule has 208 valence electrons. The summed E-state index contributed by atoms with van der Waals surface area (Å²) in [6, 6.07) is -0.743. The summed E-state index contributed by atoms with van der Waals surface area (Å²) >= 11 is 0. The van der Waals surface area contributed by atoms with E-state index in [1.165, 1.54) is 17.2 Å². The van der Waals surface area contributed by atoms with E-state index < -0.39 is 36.2 Å². The van der Waals surface area contributed by atoms with Gasteiger partial charge in [0.25, 0.3) is 5.91 Å². The van der Waals surface area contributed by atoms with Crippen molar-refractivity contribution in [3.05, 3.63) is 53.8 Å². The molecule has 0 saturated carbocycles. The van der Waals surface area contributed by atoms with Gasteiger partial charge in [-0.05, 0) is 31.8 Å². The van der Waals surface area contributed by atoms with Gasteiger partial charge in [0.05, 0.1) is 18.6 Å². The summed E-state index contributed by atoms with van der Waals surface area (Å²) in [6.45, 7) is 8.25. The molecule has 0 radical (unpaired) electrons. The Morgan fingerprint density at radius 3 is 2.68 bits per heavy atom. The summed E-state index contributed by atoms with van der Waals surface area (Å²) in [5.74, 6) is -1.29. The SMILES string of the molecule is CC1=C\[C@@H](O)C[C@H](O)Cc2nc(co2)C(=O)N2CCC[C@@H]2C(=O)O[C@@H](C(C)C)[C@@H](C)/C=C/C(=O)NC\C=C\1. The zero-order valence-electron chi connectivity index (χ0n) is 22.5. The van der Waals surface area contributed by atoms with Crippen LogP contribution in [-0.2, 0) is 20.7 Å². The fourth-order valence-electron chi connectivity index (χ4n) is 4.77. The van der Waals surface area contributed by atoms with E-state index in [1.807, 2.05) is 27.7 Å². The first kappa shape index (κ1) is 29.3. The van der Waals surface area contributed by atoms with Crippen LogP contribution in [0.5, 0.6) is 0 Å². The number of hydrogen-bond donors (Lipinski definition) is 3. The first-order valence-electron chi connectivity index (χ1n) is 13.2. The second kappa shape index (κ2) is 13.5. The van der Waals surface area contributed by atoms with Crippen LogP contribution in [0.15, 0.2) is 46.6 Å². The number of nitrogens with one attached hydrogen (secondary N) is 1. The molecule has 38 heavy (non-hydrogen) atoms. The summed E-state index contributed by atoms with van der Waals surface area (Å²) in [6.07, 6.45) is 8.37. The number of cyclic esters (lactones) is 1. The van der Waals surface area contributed by atoms with Gasteiger partial charge in [0.1, 0.15) is 18.4 Å². The minimum atomic E-state index is -0.947. The van der Waals surface area contributed by atoms with Gasteiger partial charge in [-0.25, -0.2) is 9.78 Å².